The van der Waals surface area contributed by atoms with Gasteiger partial charge in [0.15, 0.2) is 6.10 Å². The molecule has 0 spiro atoms. The molecule has 0 bridgehead atoms. The Labute approximate surface area is 212 Å². The zero-order chi connectivity index (χ0) is 25.7. The molecule has 35 heavy (non-hydrogen) atoms. The molecule has 0 radical (unpaired) electrons. The fraction of sp³-hybridized carbons (Fsp3) is 0.481. The quantitative estimate of drug-likeness (QED) is 0.452. The van der Waals surface area contributed by atoms with Gasteiger partial charge in [-0.1, -0.05) is 12.1 Å². The maximum atomic E-state index is 14.0. The van der Waals surface area contributed by atoms with Crippen molar-refractivity contribution in [3.63, 3.8) is 0 Å². The molecule has 2 aromatic rings. The van der Waals surface area contributed by atoms with E-state index in [0.29, 0.717) is 36.7 Å². The number of esters is 1. The van der Waals surface area contributed by atoms with E-state index in [1.54, 1.807) is 19.1 Å². The lowest BCUT2D eigenvalue weighted by atomic mass is 10.1. The molecule has 1 heterocycles. The molecule has 0 aromatic heterocycles. The van der Waals surface area contributed by atoms with Gasteiger partial charge in [0.1, 0.15) is 11.5 Å². The first-order valence-corrected chi connectivity index (χ1v) is 12.8. The fourth-order valence-electron chi connectivity index (χ4n) is 4.43. The zero-order valence-electron chi connectivity index (χ0n) is 21.6. The Hall–Kier alpha value is -2.71. The van der Waals surface area contributed by atoms with E-state index in [1.807, 2.05) is 42.5 Å². The summed E-state index contributed by atoms with van der Waals surface area (Å²) in [5.41, 5.74) is 1.67. The van der Waals surface area contributed by atoms with Crippen LogP contribution >= 0.6 is 11.8 Å². The minimum Gasteiger partial charge on any atom is -0.497 e. The molecule has 7 nitrogen and oxygen atoms in total. The number of rotatable bonds is 9. The molecule has 1 aliphatic heterocycles. The lowest BCUT2D eigenvalue weighted by Crippen LogP contribution is -2.48. The number of amides is 1. The van der Waals surface area contributed by atoms with Crippen LogP contribution in [0.2, 0.25) is 0 Å². The van der Waals surface area contributed by atoms with Crippen LogP contribution in [0, 0.1) is 0 Å². The lowest BCUT2D eigenvalue weighted by Gasteiger charge is -2.34. The van der Waals surface area contributed by atoms with Gasteiger partial charge in [0.25, 0.3) is 5.91 Å². The van der Waals surface area contributed by atoms with E-state index >= 15 is 0 Å². The normalized spacial score (nSPS) is 18.0. The van der Waals surface area contributed by atoms with Crippen molar-refractivity contribution in [1.82, 2.24) is 4.90 Å². The van der Waals surface area contributed by atoms with Gasteiger partial charge < -0.3 is 19.1 Å². The molecule has 0 saturated heterocycles. The summed E-state index contributed by atoms with van der Waals surface area (Å²) in [5, 5.41) is -0.431. The first-order valence-electron chi connectivity index (χ1n) is 11.9. The Morgan fingerprint density at radius 2 is 1.60 bits per heavy atom. The third-order valence-electron chi connectivity index (χ3n) is 6.14. The molecule has 2 aromatic carbocycles. The van der Waals surface area contributed by atoms with Crippen LogP contribution in [-0.4, -0.2) is 62.3 Å². The number of nitrogens with zero attached hydrogens (tertiary/aromatic N) is 2. The van der Waals surface area contributed by atoms with Crippen molar-refractivity contribution in [3.05, 3.63) is 48.0 Å². The van der Waals surface area contributed by atoms with Crippen LogP contribution in [0.5, 0.6) is 11.5 Å². The van der Waals surface area contributed by atoms with Crippen LogP contribution in [0.4, 0.5) is 5.69 Å². The van der Waals surface area contributed by atoms with Crippen molar-refractivity contribution in [3.8, 4) is 11.5 Å². The first kappa shape index (κ1) is 26.9. The largest absolute Gasteiger partial charge is 0.497 e. The highest BCUT2D eigenvalue weighted by molar-refractivity contribution is 7.99. The molecule has 190 valence electrons. The molecule has 2 atom stereocenters. The second-order valence-corrected chi connectivity index (χ2v) is 10.3. The number of hydrogen-bond donors (Lipinski definition) is 0. The number of thioether (sulfide) groups is 1. The summed E-state index contributed by atoms with van der Waals surface area (Å²) in [4.78, 5) is 31.1. The third kappa shape index (κ3) is 6.30. The fourth-order valence-corrected chi connectivity index (χ4v) is 5.77. The number of anilines is 1. The molecule has 2 unspecified atom stereocenters. The Morgan fingerprint density at radius 1 is 1.00 bits per heavy atom. The summed E-state index contributed by atoms with van der Waals surface area (Å²) in [6.45, 7) is 11.1. The summed E-state index contributed by atoms with van der Waals surface area (Å²) >= 11 is 1.50. The van der Waals surface area contributed by atoms with Gasteiger partial charge in [-0.3, -0.25) is 14.5 Å². The number of ether oxygens (including phenoxy) is 3. The van der Waals surface area contributed by atoms with E-state index < -0.39 is 17.3 Å². The molecule has 1 amide bonds. The smallest absolute Gasteiger partial charge is 0.303 e. The van der Waals surface area contributed by atoms with E-state index in [4.69, 9.17) is 14.2 Å². The van der Waals surface area contributed by atoms with Crippen molar-refractivity contribution in [2.24, 2.45) is 0 Å². The minimum absolute atomic E-state index is 0.232. The van der Waals surface area contributed by atoms with E-state index in [1.165, 1.54) is 18.7 Å². The second-order valence-electron chi connectivity index (χ2n) is 9.09. The number of carbonyl (C=O) groups is 2. The van der Waals surface area contributed by atoms with Crippen LogP contribution in [0.15, 0.2) is 47.4 Å². The molecular weight excluding hydrogens is 464 g/mol. The van der Waals surface area contributed by atoms with Gasteiger partial charge >= 0.3 is 5.97 Å². The van der Waals surface area contributed by atoms with Gasteiger partial charge in [-0.15, -0.1) is 11.8 Å². The Balaban J connectivity index is 2.08. The highest BCUT2D eigenvalue weighted by Gasteiger charge is 2.41. The number of carbonyl (C=O) groups excluding carboxylic acids is 2. The van der Waals surface area contributed by atoms with Crippen LogP contribution in [0.25, 0.3) is 0 Å². The van der Waals surface area contributed by atoms with Gasteiger partial charge in [0.2, 0.25) is 0 Å². The molecule has 0 N–H and O–H groups in total. The Kier molecular flexibility index (Phi) is 9.08. The predicted octanol–water partition coefficient (Wildman–Crippen LogP) is 4.93. The summed E-state index contributed by atoms with van der Waals surface area (Å²) in [6.07, 6.45) is -0.976. The number of fused-ring (bicyclic) bond motifs is 1. The van der Waals surface area contributed by atoms with Gasteiger partial charge in [-0.25, -0.2) is 0 Å². The van der Waals surface area contributed by atoms with E-state index in [2.05, 4.69) is 32.6 Å². The molecule has 3 rings (SSSR count). The van der Waals surface area contributed by atoms with E-state index in [9.17, 15) is 9.59 Å². The molecule has 0 aliphatic carbocycles. The SMILES string of the molecule is COc1ccc(C2Sc3cc(OC)ccc3N(CCN(C(C)C)C(C)C)C(=O)C2OC(C)=O)cc1. The summed E-state index contributed by atoms with van der Waals surface area (Å²) in [7, 11) is 3.23. The average Bonchev–Trinajstić information content (AvgIpc) is 2.93. The number of methoxy groups -OCH3 is 2. The Morgan fingerprint density at radius 3 is 2.14 bits per heavy atom. The van der Waals surface area contributed by atoms with Crippen molar-refractivity contribution in [1.29, 1.82) is 0 Å². The first-order chi connectivity index (χ1) is 16.7. The van der Waals surface area contributed by atoms with Gasteiger partial charge in [-0.2, -0.15) is 0 Å². The van der Waals surface area contributed by atoms with Crippen molar-refractivity contribution in [2.75, 3.05) is 32.2 Å². The Bertz CT molecular complexity index is 1020. The zero-order valence-corrected chi connectivity index (χ0v) is 22.4. The van der Waals surface area contributed by atoms with Crippen LogP contribution in [-0.2, 0) is 14.3 Å². The van der Waals surface area contributed by atoms with Gasteiger partial charge in [-0.05, 0) is 63.6 Å². The summed E-state index contributed by atoms with van der Waals surface area (Å²) < 4.78 is 16.5. The van der Waals surface area contributed by atoms with E-state index in [0.717, 1.165) is 16.1 Å². The lowest BCUT2D eigenvalue weighted by molar-refractivity contribution is -0.152. The van der Waals surface area contributed by atoms with Crippen LogP contribution in [0.3, 0.4) is 0 Å². The van der Waals surface area contributed by atoms with Crippen LogP contribution < -0.4 is 14.4 Å². The topological polar surface area (TPSA) is 68.3 Å². The summed E-state index contributed by atoms with van der Waals surface area (Å²) in [5.74, 6) is 0.699. The van der Waals surface area contributed by atoms with Crippen molar-refractivity contribution < 1.29 is 23.8 Å². The number of hydrogen-bond acceptors (Lipinski definition) is 7. The highest BCUT2D eigenvalue weighted by atomic mass is 32.2. The predicted molar refractivity (Wildman–Crippen MR) is 139 cm³/mol. The molecule has 8 heteroatoms. The van der Waals surface area contributed by atoms with Crippen molar-refractivity contribution >= 4 is 29.3 Å². The highest BCUT2D eigenvalue weighted by Crippen LogP contribution is 2.48. The third-order valence-corrected chi connectivity index (χ3v) is 7.50. The minimum atomic E-state index is -0.976. The average molecular weight is 501 g/mol. The summed E-state index contributed by atoms with van der Waals surface area (Å²) in [6, 6.07) is 13.9. The van der Waals surface area contributed by atoms with Crippen molar-refractivity contribution in [2.45, 2.75) is 63.0 Å². The molecule has 0 fully saturated rings. The molecule has 1 aliphatic rings. The van der Waals surface area contributed by atoms with Crippen LogP contribution in [0.1, 0.15) is 45.4 Å². The van der Waals surface area contributed by atoms with Gasteiger partial charge in [0.05, 0.1) is 25.2 Å². The van der Waals surface area contributed by atoms with Gasteiger partial charge in [0, 0.05) is 37.0 Å². The molecular formula is C27H36N2O5S. The second kappa shape index (κ2) is 11.8. The maximum Gasteiger partial charge on any atom is 0.303 e. The number of benzene rings is 2. The maximum absolute atomic E-state index is 14.0. The van der Waals surface area contributed by atoms with E-state index in [-0.39, 0.29) is 5.91 Å². The molecule has 0 saturated carbocycles. The standard InChI is InChI=1S/C27H36N2O5S/c1-17(2)28(18(3)4)14-15-29-23-13-12-22(33-7)16-24(23)35-26(25(27(29)31)34-19(5)30)20-8-10-21(32-6)11-9-20/h8-13,16-18,25-26H,14-15H2,1-7H3. The monoisotopic (exact) mass is 500 g/mol.